The van der Waals surface area contributed by atoms with Gasteiger partial charge in [-0.1, -0.05) is 29.8 Å². The molecule has 0 bridgehead atoms. The van der Waals surface area contributed by atoms with Crippen LogP contribution >= 0.6 is 23.4 Å². The standard InChI is InChI=1S/C17H12ClFN2OS/c1-21-16(22)15(10-11-4-2-3-5-14(11)18)23-17(21)20-13-8-6-12(19)7-9-13/h2-10H,1H3/b15-10+,20-17?. The number of nitrogens with zero attached hydrogens (tertiary/aromatic N) is 2. The summed E-state index contributed by atoms with van der Waals surface area (Å²) in [6, 6.07) is 13.1. The van der Waals surface area contributed by atoms with E-state index in [1.165, 1.54) is 28.8 Å². The third kappa shape index (κ3) is 3.46. The zero-order valence-electron chi connectivity index (χ0n) is 12.2. The first-order valence-electron chi connectivity index (χ1n) is 6.81. The van der Waals surface area contributed by atoms with Gasteiger partial charge in [-0.2, -0.15) is 0 Å². The molecule has 6 heteroatoms. The molecule has 1 saturated heterocycles. The lowest BCUT2D eigenvalue weighted by Crippen LogP contribution is -2.23. The van der Waals surface area contributed by atoms with E-state index in [2.05, 4.69) is 4.99 Å². The van der Waals surface area contributed by atoms with Crippen LogP contribution in [0, 0.1) is 5.82 Å². The van der Waals surface area contributed by atoms with Crippen molar-refractivity contribution in [3.05, 3.63) is 69.8 Å². The molecule has 0 spiro atoms. The third-order valence-corrected chi connectivity index (χ3v) is 4.65. The summed E-state index contributed by atoms with van der Waals surface area (Å²) in [5.41, 5.74) is 1.37. The van der Waals surface area contributed by atoms with Gasteiger partial charge < -0.3 is 0 Å². The minimum absolute atomic E-state index is 0.143. The van der Waals surface area contributed by atoms with E-state index in [0.29, 0.717) is 20.8 Å². The van der Waals surface area contributed by atoms with E-state index in [4.69, 9.17) is 11.6 Å². The molecule has 2 aromatic carbocycles. The fourth-order valence-electron chi connectivity index (χ4n) is 2.01. The highest BCUT2D eigenvalue weighted by Gasteiger charge is 2.30. The number of hydrogen-bond acceptors (Lipinski definition) is 3. The van der Waals surface area contributed by atoms with Crippen LogP contribution < -0.4 is 0 Å². The summed E-state index contributed by atoms with van der Waals surface area (Å²) < 4.78 is 12.9. The maximum atomic E-state index is 12.9. The Morgan fingerprint density at radius 1 is 1.17 bits per heavy atom. The Hall–Kier alpha value is -2.11. The minimum Gasteiger partial charge on any atom is -0.290 e. The van der Waals surface area contributed by atoms with E-state index in [0.717, 1.165) is 5.56 Å². The molecule has 116 valence electrons. The number of halogens is 2. The van der Waals surface area contributed by atoms with E-state index in [9.17, 15) is 9.18 Å². The smallest absolute Gasteiger partial charge is 0.266 e. The number of amides is 1. The monoisotopic (exact) mass is 346 g/mol. The number of rotatable bonds is 2. The number of benzene rings is 2. The first kappa shape index (κ1) is 15.8. The molecule has 3 nitrogen and oxygen atoms in total. The van der Waals surface area contributed by atoms with E-state index >= 15 is 0 Å². The summed E-state index contributed by atoms with van der Waals surface area (Å²) in [4.78, 5) is 18.7. The quantitative estimate of drug-likeness (QED) is 0.737. The average molecular weight is 347 g/mol. The highest BCUT2D eigenvalue weighted by atomic mass is 35.5. The van der Waals surface area contributed by atoms with Gasteiger partial charge in [-0.05, 0) is 53.7 Å². The summed E-state index contributed by atoms with van der Waals surface area (Å²) in [6.07, 6.45) is 1.75. The fourth-order valence-corrected chi connectivity index (χ4v) is 3.18. The number of hydrogen-bond donors (Lipinski definition) is 0. The minimum atomic E-state index is -0.322. The van der Waals surface area contributed by atoms with Crippen molar-refractivity contribution in [1.29, 1.82) is 0 Å². The molecule has 0 radical (unpaired) electrons. The van der Waals surface area contributed by atoms with Crippen LogP contribution in [0.2, 0.25) is 5.02 Å². The van der Waals surface area contributed by atoms with Crippen LogP contribution in [0.1, 0.15) is 5.56 Å². The molecule has 0 saturated carbocycles. The Kier molecular flexibility index (Phi) is 4.50. The predicted octanol–water partition coefficient (Wildman–Crippen LogP) is 4.71. The highest BCUT2D eigenvalue weighted by molar-refractivity contribution is 8.18. The number of carbonyl (C=O) groups is 1. The summed E-state index contributed by atoms with van der Waals surface area (Å²) >= 11 is 7.39. The maximum Gasteiger partial charge on any atom is 0.266 e. The molecule has 1 heterocycles. The van der Waals surface area contributed by atoms with Crippen LogP contribution in [-0.2, 0) is 4.79 Å². The van der Waals surface area contributed by atoms with Gasteiger partial charge in [0.15, 0.2) is 5.17 Å². The summed E-state index contributed by atoms with van der Waals surface area (Å²) in [5.74, 6) is -0.465. The Bertz CT molecular complexity index is 818. The summed E-state index contributed by atoms with van der Waals surface area (Å²) in [6.45, 7) is 0. The molecule has 0 N–H and O–H groups in total. The zero-order chi connectivity index (χ0) is 16.4. The van der Waals surface area contributed by atoms with Crippen molar-refractivity contribution in [2.75, 3.05) is 7.05 Å². The van der Waals surface area contributed by atoms with E-state index < -0.39 is 0 Å². The van der Waals surface area contributed by atoms with Gasteiger partial charge in [-0.15, -0.1) is 0 Å². The molecular weight excluding hydrogens is 335 g/mol. The van der Waals surface area contributed by atoms with Crippen molar-refractivity contribution in [1.82, 2.24) is 4.90 Å². The van der Waals surface area contributed by atoms with Crippen molar-refractivity contribution in [3.63, 3.8) is 0 Å². The van der Waals surface area contributed by atoms with Gasteiger partial charge >= 0.3 is 0 Å². The number of amidine groups is 1. The first-order chi connectivity index (χ1) is 11.0. The number of thioether (sulfide) groups is 1. The molecule has 0 aromatic heterocycles. The molecule has 1 aliphatic rings. The fraction of sp³-hybridized carbons (Fsp3) is 0.0588. The molecule has 1 fully saturated rings. The van der Waals surface area contributed by atoms with Crippen molar-refractivity contribution in [2.24, 2.45) is 4.99 Å². The van der Waals surface area contributed by atoms with Crippen molar-refractivity contribution in [2.45, 2.75) is 0 Å². The highest BCUT2D eigenvalue weighted by Crippen LogP contribution is 2.34. The molecule has 0 unspecified atom stereocenters. The van der Waals surface area contributed by atoms with Crippen LogP contribution in [0.3, 0.4) is 0 Å². The normalized spacial score (nSPS) is 18.2. The Labute approximate surface area is 142 Å². The maximum absolute atomic E-state index is 12.9. The second-order valence-corrected chi connectivity index (χ2v) is 6.28. The number of likely N-dealkylation sites (N-methyl/N-ethyl adjacent to an activating group) is 1. The SMILES string of the molecule is CN1C(=O)/C(=C\c2ccccc2Cl)SC1=Nc1ccc(F)cc1. The first-order valence-corrected chi connectivity index (χ1v) is 8.00. The molecule has 1 aliphatic heterocycles. The van der Waals surface area contributed by atoms with Gasteiger partial charge in [0.05, 0.1) is 10.6 Å². The van der Waals surface area contributed by atoms with E-state index in [-0.39, 0.29) is 11.7 Å². The Morgan fingerprint density at radius 3 is 2.57 bits per heavy atom. The molecule has 23 heavy (non-hydrogen) atoms. The second-order valence-electron chi connectivity index (χ2n) is 4.87. The number of aliphatic imine (C=N–C) groups is 1. The van der Waals surface area contributed by atoms with Gasteiger partial charge in [0.1, 0.15) is 5.82 Å². The van der Waals surface area contributed by atoms with E-state index in [1.807, 2.05) is 18.2 Å². The lowest BCUT2D eigenvalue weighted by molar-refractivity contribution is -0.121. The van der Waals surface area contributed by atoms with Crippen LogP contribution in [-0.4, -0.2) is 23.0 Å². The van der Waals surface area contributed by atoms with Gasteiger partial charge in [0.2, 0.25) is 0 Å². The summed E-state index contributed by atoms with van der Waals surface area (Å²) in [7, 11) is 1.66. The molecule has 0 atom stereocenters. The van der Waals surface area contributed by atoms with Gasteiger partial charge in [-0.3, -0.25) is 9.69 Å². The van der Waals surface area contributed by atoms with Crippen LogP contribution in [0.25, 0.3) is 6.08 Å². The predicted molar refractivity (Wildman–Crippen MR) is 93.3 cm³/mol. The van der Waals surface area contributed by atoms with Gasteiger partial charge in [0.25, 0.3) is 5.91 Å². The largest absolute Gasteiger partial charge is 0.290 e. The molecule has 2 aromatic rings. The number of carbonyl (C=O) groups excluding carboxylic acids is 1. The zero-order valence-corrected chi connectivity index (χ0v) is 13.7. The molecule has 0 aliphatic carbocycles. The van der Waals surface area contributed by atoms with Crippen molar-refractivity contribution >= 4 is 46.2 Å². The van der Waals surface area contributed by atoms with Crippen molar-refractivity contribution in [3.8, 4) is 0 Å². The molecular formula is C17H12ClFN2OS. The van der Waals surface area contributed by atoms with Gasteiger partial charge in [0, 0.05) is 12.1 Å². The third-order valence-electron chi connectivity index (χ3n) is 3.25. The lowest BCUT2D eigenvalue weighted by Gasteiger charge is -2.06. The second kappa shape index (κ2) is 6.56. The average Bonchev–Trinajstić information content (AvgIpc) is 2.80. The van der Waals surface area contributed by atoms with Crippen LogP contribution in [0.5, 0.6) is 0 Å². The lowest BCUT2D eigenvalue weighted by atomic mass is 10.2. The van der Waals surface area contributed by atoms with Crippen LogP contribution in [0.4, 0.5) is 10.1 Å². The van der Waals surface area contributed by atoms with Gasteiger partial charge in [-0.25, -0.2) is 9.38 Å². The molecule has 1 amide bonds. The Balaban J connectivity index is 1.91. The van der Waals surface area contributed by atoms with Crippen LogP contribution in [0.15, 0.2) is 58.4 Å². The molecule has 3 rings (SSSR count). The topological polar surface area (TPSA) is 32.7 Å². The van der Waals surface area contributed by atoms with Crippen molar-refractivity contribution < 1.29 is 9.18 Å². The Morgan fingerprint density at radius 2 is 1.87 bits per heavy atom. The van der Waals surface area contributed by atoms with E-state index in [1.54, 1.807) is 31.3 Å². The summed E-state index contributed by atoms with van der Waals surface area (Å²) in [5, 5.41) is 1.12.